The second-order valence-corrected chi connectivity index (χ2v) is 7.47. The molecular formula is C21H23N3O2. The van der Waals surface area contributed by atoms with Gasteiger partial charge >= 0.3 is 0 Å². The molecule has 5 nitrogen and oxygen atoms in total. The number of benzene rings is 1. The maximum Gasteiger partial charge on any atom is 0.270 e. The van der Waals surface area contributed by atoms with E-state index in [1.54, 1.807) is 4.57 Å². The van der Waals surface area contributed by atoms with Gasteiger partial charge in [0.15, 0.2) is 0 Å². The fourth-order valence-electron chi connectivity index (χ4n) is 3.81. The maximum atomic E-state index is 12.6. The minimum atomic E-state index is -0.842. The molecule has 0 atom stereocenters. The zero-order valence-corrected chi connectivity index (χ0v) is 14.8. The summed E-state index contributed by atoms with van der Waals surface area (Å²) >= 11 is 0. The predicted octanol–water partition coefficient (Wildman–Crippen LogP) is 2.62. The molecule has 1 aliphatic heterocycles. The van der Waals surface area contributed by atoms with Crippen LogP contribution in [-0.4, -0.2) is 22.8 Å². The van der Waals surface area contributed by atoms with E-state index in [2.05, 4.69) is 11.0 Å². The molecule has 134 valence electrons. The number of nitrogens with zero attached hydrogens (tertiary/aromatic N) is 3. The van der Waals surface area contributed by atoms with Gasteiger partial charge in [0, 0.05) is 25.8 Å². The van der Waals surface area contributed by atoms with Crippen LogP contribution >= 0.6 is 0 Å². The standard InChI is InChI=1S/C21H23N3O2/c22-14-18-19(8-11-24(20(18)25)15-16-6-7-16)23-12-9-21(26,10-13-23)17-4-2-1-3-5-17/h1-5,8,11,16,26H,6-7,9-10,12-13,15H2. The zero-order chi connectivity index (χ0) is 18.1. The van der Waals surface area contributed by atoms with Crippen molar-refractivity contribution in [3.8, 4) is 6.07 Å². The number of anilines is 1. The van der Waals surface area contributed by atoms with Crippen molar-refractivity contribution in [2.45, 2.75) is 37.8 Å². The average Bonchev–Trinajstić information content (AvgIpc) is 3.49. The normalized spacial score (nSPS) is 19.2. The molecule has 5 heteroatoms. The lowest BCUT2D eigenvalue weighted by molar-refractivity contribution is 0.0117. The number of hydrogen-bond acceptors (Lipinski definition) is 4. The van der Waals surface area contributed by atoms with Crippen LogP contribution in [0.25, 0.3) is 0 Å². The summed E-state index contributed by atoms with van der Waals surface area (Å²) in [6, 6.07) is 13.7. The zero-order valence-electron chi connectivity index (χ0n) is 14.8. The van der Waals surface area contributed by atoms with Gasteiger partial charge in [0.25, 0.3) is 5.56 Å². The van der Waals surface area contributed by atoms with E-state index in [4.69, 9.17) is 0 Å². The van der Waals surface area contributed by atoms with E-state index >= 15 is 0 Å². The summed E-state index contributed by atoms with van der Waals surface area (Å²) in [4.78, 5) is 14.7. The van der Waals surface area contributed by atoms with Gasteiger partial charge in [-0.3, -0.25) is 4.79 Å². The molecule has 2 fully saturated rings. The largest absolute Gasteiger partial charge is 0.385 e. The van der Waals surface area contributed by atoms with Crippen molar-refractivity contribution in [2.75, 3.05) is 18.0 Å². The smallest absolute Gasteiger partial charge is 0.270 e. The number of rotatable bonds is 4. The number of nitriles is 1. The van der Waals surface area contributed by atoms with E-state index in [1.807, 2.05) is 42.6 Å². The highest BCUT2D eigenvalue weighted by atomic mass is 16.3. The highest BCUT2D eigenvalue weighted by Crippen LogP contribution is 2.35. The average molecular weight is 349 g/mol. The first-order chi connectivity index (χ1) is 12.6. The Hall–Kier alpha value is -2.58. The van der Waals surface area contributed by atoms with Crippen LogP contribution in [0.5, 0.6) is 0 Å². The van der Waals surface area contributed by atoms with Crippen molar-refractivity contribution in [1.82, 2.24) is 4.57 Å². The summed E-state index contributed by atoms with van der Waals surface area (Å²) in [5.74, 6) is 0.584. The van der Waals surface area contributed by atoms with Gasteiger partial charge in [-0.05, 0) is 43.2 Å². The summed E-state index contributed by atoms with van der Waals surface area (Å²) < 4.78 is 1.67. The summed E-state index contributed by atoms with van der Waals surface area (Å²) in [5.41, 5.74) is 0.810. The molecule has 1 aromatic heterocycles. The molecule has 0 radical (unpaired) electrons. The molecule has 2 aliphatic rings. The third-order valence-electron chi connectivity index (χ3n) is 5.65. The number of pyridine rings is 1. The fraction of sp³-hybridized carbons (Fsp3) is 0.429. The van der Waals surface area contributed by atoms with E-state index < -0.39 is 5.60 Å². The van der Waals surface area contributed by atoms with E-state index in [0.717, 1.165) is 5.56 Å². The molecule has 0 amide bonds. The van der Waals surface area contributed by atoms with Gasteiger partial charge in [0.05, 0.1) is 11.3 Å². The van der Waals surface area contributed by atoms with Crippen molar-refractivity contribution in [3.63, 3.8) is 0 Å². The molecule has 0 unspecified atom stereocenters. The molecule has 2 aromatic rings. The molecule has 26 heavy (non-hydrogen) atoms. The van der Waals surface area contributed by atoms with Crippen molar-refractivity contribution < 1.29 is 5.11 Å². The minimum Gasteiger partial charge on any atom is -0.385 e. The molecule has 1 aliphatic carbocycles. The molecule has 1 saturated heterocycles. The van der Waals surface area contributed by atoms with Gasteiger partial charge in [0.1, 0.15) is 11.6 Å². The Labute approximate surface area is 153 Å². The summed E-state index contributed by atoms with van der Waals surface area (Å²) in [5, 5.41) is 20.5. The first kappa shape index (κ1) is 16.9. The van der Waals surface area contributed by atoms with Crippen molar-refractivity contribution in [1.29, 1.82) is 5.26 Å². The van der Waals surface area contributed by atoms with Crippen LogP contribution in [0.15, 0.2) is 47.4 Å². The maximum absolute atomic E-state index is 12.6. The Kier molecular flexibility index (Phi) is 4.29. The van der Waals surface area contributed by atoms with Crippen LogP contribution in [0, 0.1) is 17.2 Å². The van der Waals surface area contributed by atoms with Gasteiger partial charge in [-0.1, -0.05) is 30.3 Å². The Morgan fingerprint density at radius 3 is 2.46 bits per heavy atom. The lowest BCUT2D eigenvalue weighted by Gasteiger charge is -2.39. The second-order valence-electron chi connectivity index (χ2n) is 7.47. The number of aliphatic hydroxyl groups is 1. The summed E-state index contributed by atoms with van der Waals surface area (Å²) in [6.45, 7) is 1.94. The lowest BCUT2D eigenvalue weighted by Crippen LogP contribution is -2.43. The third kappa shape index (κ3) is 3.13. The van der Waals surface area contributed by atoms with E-state index in [-0.39, 0.29) is 11.1 Å². The van der Waals surface area contributed by atoms with Gasteiger partial charge in [-0.2, -0.15) is 5.26 Å². The SMILES string of the molecule is N#Cc1c(N2CCC(O)(c3ccccc3)CC2)ccn(CC2CC2)c1=O. The first-order valence-corrected chi connectivity index (χ1v) is 9.27. The van der Waals surface area contributed by atoms with E-state index in [0.29, 0.717) is 44.1 Å². The number of aromatic nitrogens is 1. The monoisotopic (exact) mass is 349 g/mol. The summed E-state index contributed by atoms with van der Waals surface area (Å²) in [7, 11) is 0. The fourth-order valence-corrected chi connectivity index (χ4v) is 3.81. The Bertz CT molecular complexity index is 886. The van der Waals surface area contributed by atoms with Gasteiger partial charge in [-0.15, -0.1) is 0 Å². The number of piperidine rings is 1. The van der Waals surface area contributed by atoms with Gasteiger partial charge < -0.3 is 14.6 Å². The predicted molar refractivity (Wildman–Crippen MR) is 99.9 cm³/mol. The topological polar surface area (TPSA) is 69.3 Å². The highest BCUT2D eigenvalue weighted by Gasteiger charge is 2.34. The third-order valence-corrected chi connectivity index (χ3v) is 5.65. The molecule has 0 bridgehead atoms. The highest BCUT2D eigenvalue weighted by molar-refractivity contribution is 5.58. The lowest BCUT2D eigenvalue weighted by atomic mass is 9.84. The van der Waals surface area contributed by atoms with Crippen molar-refractivity contribution in [2.24, 2.45) is 5.92 Å². The van der Waals surface area contributed by atoms with Crippen LogP contribution in [0.2, 0.25) is 0 Å². The van der Waals surface area contributed by atoms with E-state index in [1.165, 1.54) is 12.8 Å². The van der Waals surface area contributed by atoms with Crippen LogP contribution in [0.4, 0.5) is 5.69 Å². The minimum absolute atomic E-state index is 0.194. The Morgan fingerprint density at radius 2 is 1.85 bits per heavy atom. The van der Waals surface area contributed by atoms with Crippen LogP contribution in [0.1, 0.15) is 36.8 Å². The molecule has 1 aromatic carbocycles. The summed E-state index contributed by atoms with van der Waals surface area (Å²) in [6.07, 6.45) is 5.30. The van der Waals surface area contributed by atoms with Crippen molar-refractivity contribution >= 4 is 5.69 Å². The molecule has 4 rings (SSSR count). The first-order valence-electron chi connectivity index (χ1n) is 9.27. The van der Waals surface area contributed by atoms with Gasteiger partial charge in [0.2, 0.25) is 0 Å². The second kappa shape index (κ2) is 6.62. The molecular weight excluding hydrogens is 326 g/mol. The van der Waals surface area contributed by atoms with E-state index in [9.17, 15) is 15.2 Å². The Morgan fingerprint density at radius 1 is 1.15 bits per heavy atom. The van der Waals surface area contributed by atoms with Gasteiger partial charge in [-0.25, -0.2) is 0 Å². The van der Waals surface area contributed by atoms with Crippen LogP contribution in [0.3, 0.4) is 0 Å². The number of hydrogen-bond donors (Lipinski definition) is 1. The quantitative estimate of drug-likeness (QED) is 0.921. The molecule has 1 N–H and O–H groups in total. The molecule has 0 spiro atoms. The molecule has 1 saturated carbocycles. The van der Waals surface area contributed by atoms with Crippen LogP contribution < -0.4 is 10.5 Å². The van der Waals surface area contributed by atoms with Crippen LogP contribution in [-0.2, 0) is 12.1 Å². The Balaban J connectivity index is 1.55. The molecule has 2 heterocycles. The van der Waals surface area contributed by atoms with Crippen molar-refractivity contribution in [3.05, 3.63) is 64.1 Å².